The topological polar surface area (TPSA) is 106 Å². The summed E-state index contributed by atoms with van der Waals surface area (Å²) in [5, 5.41) is 0. The van der Waals surface area contributed by atoms with E-state index in [0.29, 0.717) is 49.6 Å². The van der Waals surface area contributed by atoms with Crippen LogP contribution in [0.2, 0.25) is 0 Å². The molecule has 2 aliphatic heterocycles. The van der Waals surface area contributed by atoms with Gasteiger partial charge in [0, 0.05) is 31.1 Å². The molecule has 9 nitrogen and oxygen atoms in total. The van der Waals surface area contributed by atoms with Crippen LogP contribution in [-0.4, -0.2) is 59.9 Å². The number of allylic oxidation sites excluding steroid dienone is 1. The number of rotatable bonds is 8. The fourth-order valence-electron chi connectivity index (χ4n) is 5.11. The van der Waals surface area contributed by atoms with Gasteiger partial charge in [0.2, 0.25) is 5.91 Å². The van der Waals surface area contributed by atoms with Crippen molar-refractivity contribution in [3.8, 4) is 0 Å². The molecule has 0 aliphatic carbocycles. The van der Waals surface area contributed by atoms with E-state index >= 15 is 0 Å². The summed E-state index contributed by atoms with van der Waals surface area (Å²) in [5.74, 6) is -1.05. The highest BCUT2D eigenvalue weighted by molar-refractivity contribution is 5.96. The minimum absolute atomic E-state index is 0.0906. The number of piperidine rings is 1. The number of esters is 2. The van der Waals surface area contributed by atoms with Crippen LogP contribution in [0.15, 0.2) is 58.2 Å². The largest absolute Gasteiger partial charge is 0.466 e. The molecule has 1 aromatic heterocycles. The lowest BCUT2D eigenvalue weighted by Crippen LogP contribution is -2.40. The first-order valence-electron chi connectivity index (χ1n) is 13.1. The molecule has 4 rings (SSSR count). The van der Waals surface area contributed by atoms with Gasteiger partial charge in [-0.05, 0) is 51.3 Å². The third-order valence-corrected chi connectivity index (χ3v) is 7.11. The van der Waals surface area contributed by atoms with Crippen LogP contribution < -0.4 is 0 Å². The summed E-state index contributed by atoms with van der Waals surface area (Å²) in [6.45, 7) is 6.80. The Bertz CT molecular complexity index is 1210. The second kappa shape index (κ2) is 12.1. The van der Waals surface area contributed by atoms with Gasteiger partial charge < -0.3 is 23.7 Å². The van der Waals surface area contributed by atoms with Gasteiger partial charge in [0.1, 0.15) is 5.76 Å². The summed E-state index contributed by atoms with van der Waals surface area (Å²) in [6.07, 6.45) is 1.21. The number of carbonyl (C=O) groups is 4. The monoisotopic (exact) mass is 522 g/mol. The number of hydrogen-bond donors (Lipinski definition) is 0. The first-order chi connectivity index (χ1) is 18.3. The molecule has 2 aromatic rings. The summed E-state index contributed by atoms with van der Waals surface area (Å²) < 4.78 is 16.3. The van der Waals surface area contributed by atoms with Crippen molar-refractivity contribution in [2.45, 2.75) is 52.5 Å². The minimum Gasteiger partial charge on any atom is -0.466 e. The van der Waals surface area contributed by atoms with E-state index in [1.54, 1.807) is 37.8 Å². The smallest absolute Gasteiger partial charge is 0.336 e. The van der Waals surface area contributed by atoms with Gasteiger partial charge in [-0.15, -0.1) is 0 Å². The molecule has 9 heteroatoms. The molecule has 202 valence electrons. The molecule has 3 heterocycles. The third kappa shape index (κ3) is 5.82. The Morgan fingerprint density at radius 3 is 2.32 bits per heavy atom. The van der Waals surface area contributed by atoms with Crippen LogP contribution in [0.1, 0.15) is 67.8 Å². The van der Waals surface area contributed by atoms with Crippen LogP contribution in [0.5, 0.6) is 0 Å². The van der Waals surface area contributed by atoms with Gasteiger partial charge in [0.25, 0.3) is 5.91 Å². The molecular weight excluding hydrogens is 488 g/mol. The highest BCUT2D eigenvalue weighted by Crippen LogP contribution is 2.37. The predicted molar refractivity (Wildman–Crippen MR) is 138 cm³/mol. The standard InChI is InChI=1S/C29H34N2O7/c1-4-36-28(34)21-13-15-30(16-14-21)27(33)24-12-11-22(38-24)18-31-19(3)26(29(35)37-5-2)23(17-25(31)32)20-9-7-6-8-10-20/h6-12,21,23H,4-5,13-18H2,1-3H3. The molecule has 0 radical (unpaired) electrons. The molecule has 1 aromatic carbocycles. The fraction of sp³-hybridized carbons (Fsp3) is 0.448. The van der Waals surface area contributed by atoms with Gasteiger partial charge >= 0.3 is 11.9 Å². The van der Waals surface area contributed by atoms with Crippen molar-refractivity contribution >= 4 is 23.8 Å². The average Bonchev–Trinajstić information content (AvgIpc) is 3.40. The molecule has 1 atom stereocenters. The summed E-state index contributed by atoms with van der Waals surface area (Å²) in [6, 6.07) is 12.7. The molecule has 0 spiro atoms. The van der Waals surface area contributed by atoms with Crippen molar-refractivity contribution in [1.29, 1.82) is 0 Å². The highest BCUT2D eigenvalue weighted by Gasteiger charge is 2.37. The summed E-state index contributed by atoms with van der Waals surface area (Å²) >= 11 is 0. The second-order valence-electron chi connectivity index (χ2n) is 9.45. The van der Waals surface area contributed by atoms with Crippen LogP contribution in [-0.2, 0) is 30.4 Å². The number of nitrogens with zero attached hydrogens (tertiary/aromatic N) is 2. The zero-order valence-electron chi connectivity index (χ0n) is 22.1. The number of amides is 2. The number of carbonyl (C=O) groups excluding carboxylic acids is 4. The Labute approximate surface area is 222 Å². The number of furan rings is 1. The van der Waals surface area contributed by atoms with E-state index in [4.69, 9.17) is 13.9 Å². The first kappa shape index (κ1) is 27.2. The second-order valence-corrected chi connectivity index (χ2v) is 9.45. The molecule has 1 unspecified atom stereocenters. The van der Waals surface area contributed by atoms with Crippen LogP contribution in [0.25, 0.3) is 0 Å². The van der Waals surface area contributed by atoms with Gasteiger partial charge in [-0.25, -0.2) is 4.79 Å². The van der Waals surface area contributed by atoms with E-state index in [0.717, 1.165) is 5.56 Å². The fourth-order valence-corrected chi connectivity index (χ4v) is 5.11. The van der Waals surface area contributed by atoms with E-state index in [1.165, 1.54) is 4.90 Å². The lowest BCUT2D eigenvalue weighted by Gasteiger charge is -2.34. The van der Waals surface area contributed by atoms with E-state index in [9.17, 15) is 19.2 Å². The Hall–Kier alpha value is -3.88. The normalized spacial score (nSPS) is 18.5. The maximum Gasteiger partial charge on any atom is 0.336 e. The van der Waals surface area contributed by atoms with Crippen LogP contribution >= 0.6 is 0 Å². The van der Waals surface area contributed by atoms with Crippen LogP contribution in [0.3, 0.4) is 0 Å². The zero-order valence-corrected chi connectivity index (χ0v) is 22.1. The Balaban J connectivity index is 1.49. The molecule has 1 saturated heterocycles. The van der Waals surface area contributed by atoms with E-state index in [1.807, 2.05) is 30.3 Å². The van der Waals surface area contributed by atoms with Crippen molar-refractivity contribution in [3.05, 3.63) is 70.8 Å². The molecular formula is C29H34N2O7. The van der Waals surface area contributed by atoms with Crippen LogP contribution in [0.4, 0.5) is 0 Å². The SMILES string of the molecule is CCOC(=O)C1=C(C)N(Cc2ccc(C(=O)N3CCC(C(=O)OCC)CC3)o2)C(=O)CC1c1ccccc1. The van der Waals surface area contributed by atoms with Gasteiger partial charge in [-0.2, -0.15) is 0 Å². The van der Waals surface area contributed by atoms with Crippen molar-refractivity contribution in [2.75, 3.05) is 26.3 Å². The molecule has 2 amide bonds. The average molecular weight is 523 g/mol. The number of ether oxygens (including phenoxy) is 2. The molecule has 1 fully saturated rings. The maximum atomic E-state index is 13.2. The van der Waals surface area contributed by atoms with Gasteiger partial charge in [0.15, 0.2) is 5.76 Å². The number of likely N-dealkylation sites (tertiary alicyclic amines) is 1. The van der Waals surface area contributed by atoms with Crippen molar-refractivity contribution in [3.63, 3.8) is 0 Å². The van der Waals surface area contributed by atoms with Gasteiger partial charge in [-0.3, -0.25) is 14.4 Å². The number of hydrogen-bond acceptors (Lipinski definition) is 7. The Morgan fingerprint density at radius 2 is 1.66 bits per heavy atom. The quantitative estimate of drug-likeness (QED) is 0.482. The van der Waals surface area contributed by atoms with Gasteiger partial charge in [-0.1, -0.05) is 30.3 Å². The zero-order chi connectivity index (χ0) is 27.2. The molecule has 0 saturated carbocycles. The Kier molecular flexibility index (Phi) is 8.66. The lowest BCUT2D eigenvalue weighted by molar-refractivity contribution is -0.149. The van der Waals surface area contributed by atoms with E-state index in [-0.39, 0.29) is 49.0 Å². The van der Waals surface area contributed by atoms with E-state index in [2.05, 4.69) is 0 Å². The first-order valence-corrected chi connectivity index (χ1v) is 13.1. The highest BCUT2D eigenvalue weighted by atomic mass is 16.5. The molecule has 2 aliphatic rings. The van der Waals surface area contributed by atoms with Gasteiger partial charge in [0.05, 0.1) is 31.2 Å². The maximum absolute atomic E-state index is 13.2. The predicted octanol–water partition coefficient (Wildman–Crippen LogP) is 4.05. The summed E-state index contributed by atoms with van der Waals surface area (Å²) in [5.41, 5.74) is 1.84. The molecule has 0 N–H and O–H groups in total. The summed E-state index contributed by atoms with van der Waals surface area (Å²) in [7, 11) is 0. The Morgan fingerprint density at radius 1 is 0.974 bits per heavy atom. The van der Waals surface area contributed by atoms with Crippen molar-refractivity contribution in [1.82, 2.24) is 9.80 Å². The van der Waals surface area contributed by atoms with Crippen LogP contribution in [0, 0.1) is 5.92 Å². The third-order valence-electron chi connectivity index (χ3n) is 7.11. The van der Waals surface area contributed by atoms with Crippen molar-refractivity contribution in [2.24, 2.45) is 5.92 Å². The molecule has 38 heavy (non-hydrogen) atoms. The van der Waals surface area contributed by atoms with E-state index < -0.39 is 11.9 Å². The van der Waals surface area contributed by atoms with Crippen molar-refractivity contribution < 1.29 is 33.1 Å². The lowest BCUT2D eigenvalue weighted by atomic mass is 9.83. The number of benzene rings is 1. The minimum atomic E-state index is -0.446. The summed E-state index contributed by atoms with van der Waals surface area (Å²) in [4.78, 5) is 54.4. The molecule has 0 bridgehead atoms.